The van der Waals surface area contributed by atoms with E-state index in [4.69, 9.17) is 10.00 Å². The number of hydrogen-bond acceptors (Lipinski definition) is 5. The lowest BCUT2D eigenvalue weighted by atomic mass is 10.1. The first-order valence-electron chi connectivity index (χ1n) is 8.61. The zero-order valence-corrected chi connectivity index (χ0v) is 14.9. The van der Waals surface area contributed by atoms with Crippen LogP contribution in [0.4, 0.5) is 4.79 Å². The van der Waals surface area contributed by atoms with Gasteiger partial charge in [0.15, 0.2) is 6.61 Å². The van der Waals surface area contributed by atoms with Crippen LogP contribution in [0.5, 0.6) is 5.75 Å². The zero-order valence-electron chi connectivity index (χ0n) is 14.9. The van der Waals surface area contributed by atoms with E-state index in [2.05, 4.69) is 5.32 Å². The van der Waals surface area contributed by atoms with Crippen LogP contribution in [-0.4, -0.2) is 35.9 Å². The number of benzene rings is 2. The summed E-state index contributed by atoms with van der Waals surface area (Å²) in [6.45, 7) is -0.0199. The Morgan fingerprint density at radius 1 is 1.04 bits per heavy atom. The predicted molar refractivity (Wildman–Crippen MR) is 101 cm³/mol. The van der Waals surface area contributed by atoms with Crippen LogP contribution in [0.25, 0.3) is 6.08 Å². The zero-order chi connectivity index (χ0) is 19.9. The molecular formula is C21H17N3O4. The minimum absolute atomic E-state index is 0.145. The van der Waals surface area contributed by atoms with E-state index < -0.39 is 17.8 Å². The Morgan fingerprint density at radius 2 is 1.75 bits per heavy atom. The first-order chi connectivity index (χ1) is 13.6. The summed E-state index contributed by atoms with van der Waals surface area (Å²) in [6.07, 6.45) is 1.84. The Morgan fingerprint density at radius 3 is 2.50 bits per heavy atom. The Labute approximate surface area is 161 Å². The van der Waals surface area contributed by atoms with E-state index in [1.807, 2.05) is 36.4 Å². The van der Waals surface area contributed by atoms with Gasteiger partial charge in [-0.05, 0) is 24.1 Å². The summed E-state index contributed by atoms with van der Waals surface area (Å²) in [4.78, 5) is 38.1. The van der Waals surface area contributed by atoms with E-state index in [0.717, 1.165) is 10.5 Å². The highest BCUT2D eigenvalue weighted by Gasteiger charge is 2.35. The van der Waals surface area contributed by atoms with E-state index in [1.165, 1.54) is 6.08 Å². The molecule has 0 aromatic heterocycles. The molecule has 0 unspecified atom stereocenters. The van der Waals surface area contributed by atoms with Gasteiger partial charge in [-0.15, -0.1) is 0 Å². The van der Waals surface area contributed by atoms with Gasteiger partial charge in [0.1, 0.15) is 17.4 Å². The first-order valence-corrected chi connectivity index (χ1v) is 8.61. The second kappa shape index (κ2) is 8.64. The largest absolute Gasteiger partial charge is 0.478 e. The number of urea groups is 1. The Balaban J connectivity index is 1.84. The van der Waals surface area contributed by atoms with Gasteiger partial charge >= 0.3 is 6.03 Å². The molecule has 0 aliphatic carbocycles. The fourth-order valence-corrected chi connectivity index (χ4v) is 2.78. The topological polar surface area (TPSA) is 99.5 Å². The molecule has 0 radical (unpaired) electrons. The third kappa shape index (κ3) is 4.24. The van der Waals surface area contributed by atoms with Gasteiger partial charge in [0, 0.05) is 12.1 Å². The van der Waals surface area contributed by atoms with Crippen molar-refractivity contribution in [3.8, 4) is 11.8 Å². The predicted octanol–water partition coefficient (Wildman–Crippen LogP) is 2.29. The monoisotopic (exact) mass is 375 g/mol. The maximum absolute atomic E-state index is 12.8. The minimum Gasteiger partial charge on any atom is -0.478 e. The molecule has 7 nitrogen and oxygen atoms in total. The molecule has 140 valence electrons. The molecule has 1 aliphatic heterocycles. The number of para-hydroxylation sites is 1. The van der Waals surface area contributed by atoms with Crippen molar-refractivity contribution in [1.29, 1.82) is 5.26 Å². The summed E-state index contributed by atoms with van der Waals surface area (Å²) in [5, 5.41) is 10.9. The maximum Gasteiger partial charge on any atom is 0.331 e. The molecule has 1 fully saturated rings. The molecule has 1 heterocycles. The van der Waals surface area contributed by atoms with Crippen LogP contribution in [0, 0.1) is 11.3 Å². The average molecular weight is 375 g/mol. The summed E-state index contributed by atoms with van der Waals surface area (Å²) in [5.74, 6) is -1.06. The normalized spacial score (nSPS) is 15.3. The number of carbonyl (C=O) groups excluding carboxylic acids is 3. The van der Waals surface area contributed by atoms with Gasteiger partial charge in [0.25, 0.3) is 11.8 Å². The van der Waals surface area contributed by atoms with Crippen molar-refractivity contribution in [3.63, 3.8) is 0 Å². The molecule has 2 aromatic carbocycles. The molecule has 2 aromatic rings. The molecule has 1 aliphatic rings. The van der Waals surface area contributed by atoms with Gasteiger partial charge in [-0.2, -0.15) is 5.26 Å². The van der Waals surface area contributed by atoms with E-state index in [9.17, 15) is 14.4 Å². The van der Waals surface area contributed by atoms with Crippen molar-refractivity contribution in [3.05, 3.63) is 71.3 Å². The van der Waals surface area contributed by atoms with Crippen molar-refractivity contribution < 1.29 is 19.1 Å². The lowest BCUT2D eigenvalue weighted by molar-refractivity contribution is -0.130. The fraction of sp³-hybridized carbons (Fsp3) is 0.143. The van der Waals surface area contributed by atoms with Crippen molar-refractivity contribution in [2.75, 3.05) is 13.2 Å². The van der Waals surface area contributed by atoms with Crippen LogP contribution in [0.1, 0.15) is 11.1 Å². The summed E-state index contributed by atoms with van der Waals surface area (Å²) in [5.41, 5.74) is 1.27. The number of ether oxygens (including phenoxy) is 1. The third-order valence-corrected chi connectivity index (χ3v) is 4.16. The second-order valence-corrected chi connectivity index (χ2v) is 5.99. The van der Waals surface area contributed by atoms with Gasteiger partial charge in [0.2, 0.25) is 0 Å². The van der Waals surface area contributed by atoms with E-state index in [0.29, 0.717) is 17.7 Å². The quantitative estimate of drug-likeness (QED) is 0.617. The standard InChI is InChI=1S/C21H17N3O4/c22-11-13-28-18-9-5-4-8-16(18)14-17-19(25)23-21(27)24(20(17)26)12-10-15-6-2-1-3-7-15/h1-9,14H,10,12-13H2,(H,23,25,27)/b17-14+. The smallest absolute Gasteiger partial charge is 0.331 e. The molecular weight excluding hydrogens is 358 g/mol. The molecule has 0 saturated carbocycles. The number of imide groups is 2. The van der Waals surface area contributed by atoms with Crippen molar-refractivity contribution in [2.24, 2.45) is 0 Å². The SMILES string of the molecule is N#CCOc1ccccc1/C=C1\C(=O)NC(=O)N(CCc2ccccc2)C1=O. The number of nitriles is 1. The number of barbiturate groups is 1. The Kier molecular flexibility index (Phi) is 5.82. The summed E-state index contributed by atoms with van der Waals surface area (Å²) in [7, 11) is 0. The number of nitrogens with zero attached hydrogens (tertiary/aromatic N) is 2. The van der Waals surface area contributed by atoms with E-state index in [1.54, 1.807) is 24.3 Å². The molecule has 4 amide bonds. The van der Waals surface area contributed by atoms with Crippen molar-refractivity contribution >= 4 is 23.9 Å². The minimum atomic E-state index is -0.763. The van der Waals surface area contributed by atoms with Crippen molar-refractivity contribution in [2.45, 2.75) is 6.42 Å². The molecule has 1 saturated heterocycles. The highest BCUT2D eigenvalue weighted by molar-refractivity contribution is 6.31. The van der Waals surface area contributed by atoms with Gasteiger partial charge in [-0.1, -0.05) is 48.5 Å². The number of rotatable bonds is 6. The highest BCUT2D eigenvalue weighted by Crippen LogP contribution is 2.23. The van der Waals surface area contributed by atoms with Crippen LogP contribution in [0.15, 0.2) is 60.2 Å². The number of carbonyl (C=O) groups is 3. The Hall–Kier alpha value is -3.92. The van der Waals surface area contributed by atoms with Crippen LogP contribution in [0.2, 0.25) is 0 Å². The van der Waals surface area contributed by atoms with Crippen molar-refractivity contribution in [1.82, 2.24) is 10.2 Å². The van der Waals surface area contributed by atoms with Crippen LogP contribution < -0.4 is 10.1 Å². The molecule has 0 atom stereocenters. The molecule has 28 heavy (non-hydrogen) atoms. The Bertz CT molecular complexity index is 977. The van der Waals surface area contributed by atoms with Gasteiger partial charge < -0.3 is 4.74 Å². The first kappa shape index (κ1) is 18.9. The fourth-order valence-electron chi connectivity index (χ4n) is 2.78. The summed E-state index contributed by atoms with van der Waals surface area (Å²) < 4.78 is 5.32. The summed E-state index contributed by atoms with van der Waals surface area (Å²) in [6, 6.07) is 17.3. The second-order valence-electron chi connectivity index (χ2n) is 5.99. The lowest BCUT2D eigenvalue weighted by Gasteiger charge is -2.26. The van der Waals surface area contributed by atoms with Crippen LogP contribution >= 0.6 is 0 Å². The maximum atomic E-state index is 12.8. The van der Waals surface area contributed by atoms with Crippen LogP contribution in [0.3, 0.4) is 0 Å². The lowest BCUT2D eigenvalue weighted by Crippen LogP contribution is -2.54. The molecule has 0 spiro atoms. The van der Waals surface area contributed by atoms with Gasteiger partial charge in [-0.25, -0.2) is 4.79 Å². The van der Waals surface area contributed by atoms with E-state index in [-0.39, 0.29) is 18.7 Å². The van der Waals surface area contributed by atoms with E-state index >= 15 is 0 Å². The summed E-state index contributed by atoms with van der Waals surface area (Å²) >= 11 is 0. The molecule has 3 rings (SSSR count). The van der Waals surface area contributed by atoms with Gasteiger partial charge in [0.05, 0.1) is 0 Å². The van der Waals surface area contributed by atoms with Crippen LogP contribution in [-0.2, 0) is 16.0 Å². The molecule has 7 heteroatoms. The molecule has 1 N–H and O–H groups in total. The molecule has 0 bridgehead atoms. The number of hydrogen-bond donors (Lipinski definition) is 1. The number of amides is 4. The van der Waals surface area contributed by atoms with Gasteiger partial charge in [-0.3, -0.25) is 19.8 Å². The highest BCUT2D eigenvalue weighted by atomic mass is 16.5. The number of nitrogens with one attached hydrogen (secondary N) is 1. The third-order valence-electron chi connectivity index (χ3n) is 4.16. The average Bonchev–Trinajstić information content (AvgIpc) is 2.71.